The van der Waals surface area contributed by atoms with Crippen LogP contribution in [0.4, 0.5) is 4.39 Å². The summed E-state index contributed by atoms with van der Waals surface area (Å²) in [6, 6.07) is 2.58. The lowest BCUT2D eigenvalue weighted by molar-refractivity contribution is 0.0778. The van der Waals surface area contributed by atoms with Crippen LogP contribution in [-0.2, 0) is 0 Å². The molecule has 1 aromatic heterocycles. The first kappa shape index (κ1) is 21.5. The van der Waals surface area contributed by atoms with E-state index >= 15 is 0 Å². The summed E-state index contributed by atoms with van der Waals surface area (Å²) < 4.78 is 13.9. The van der Waals surface area contributed by atoms with Crippen molar-refractivity contribution in [1.82, 2.24) is 14.9 Å². The molecule has 3 rings (SSSR count). The van der Waals surface area contributed by atoms with E-state index in [1.807, 2.05) is 13.8 Å². The second kappa shape index (κ2) is 7.81. The van der Waals surface area contributed by atoms with Gasteiger partial charge in [0.05, 0.1) is 22.5 Å². The molecule has 0 saturated carbocycles. The van der Waals surface area contributed by atoms with Crippen molar-refractivity contribution < 1.29 is 9.18 Å². The number of fused-ring (bicyclic) bond motifs is 1. The van der Waals surface area contributed by atoms with Crippen LogP contribution in [0.5, 0.6) is 0 Å². The molecule has 1 aromatic carbocycles. The second-order valence-corrected chi connectivity index (χ2v) is 6.71. The van der Waals surface area contributed by atoms with Gasteiger partial charge in [0, 0.05) is 19.2 Å². The Morgan fingerprint density at radius 2 is 1.92 bits per heavy atom. The predicted molar refractivity (Wildman–Crippen MR) is 101 cm³/mol. The number of nitrogens with two attached hydrogens (primary N) is 1. The number of likely N-dealkylation sites (tertiary alicyclic amines) is 1. The molecule has 0 radical (unpaired) electrons. The van der Waals surface area contributed by atoms with E-state index in [1.54, 1.807) is 4.90 Å². The molecule has 1 saturated heterocycles. The first-order chi connectivity index (χ1) is 10.8. The van der Waals surface area contributed by atoms with E-state index in [1.165, 1.54) is 12.1 Å². The van der Waals surface area contributed by atoms with E-state index < -0.39 is 5.82 Å². The van der Waals surface area contributed by atoms with Crippen LogP contribution in [0.2, 0.25) is 0 Å². The average Bonchev–Trinajstić information content (AvgIpc) is 2.91. The maximum atomic E-state index is 13.9. The minimum absolute atomic E-state index is 0. The van der Waals surface area contributed by atoms with Gasteiger partial charge in [-0.15, -0.1) is 24.8 Å². The largest absolute Gasteiger partial charge is 0.338 e. The lowest BCUT2D eigenvalue weighted by Crippen LogP contribution is -2.34. The Morgan fingerprint density at radius 3 is 2.52 bits per heavy atom. The fourth-order valence-electron chi connectivity index (χ4n) is 2.99. The van der Waals surface area contributed by atoms with Crippen LogP contribution < -0.4 is 5.73 Å². The van der Waals surface area contributed by atoms with Crippen LogP contribution >= 0.6 is 24.8 Å². The van der Waals surface area contributed by atoms with Crippen LogP contribution in [0, 0.1) is 25.1 Å². The molecule has 1 unspecified atom stereocenters. The third-order valence-corrected chi connectivity index (χ3v) is 4.71. The van der Waals surface area contributed by atoms with Gasteiger partial charge in [-0.05, 0) is 38.3 Å². The van der Waals surface area contributed by atoms with Crippen molar-refractivity contribution in [3.8, 4) is 0 Å². The van der Waals surface area contributed by atoms with E-state index in [2.05, 4.69) is 16.9 Å². The molecule has 138 valence electrons. The van der Waals surface area contributed by atoms with Crippen LogP contribution in [0.3, 0.4) is 0 Å². The summed E-state index contributed by atoms with van der Waals surface area (Å²) in [5, 5.41) is 0. The Kier molecular flexibility index (Phi) is 6.73. The highest BCUT2D eigenvalue weighted by Gasteiger charge is 2.36. The Bertz CT molecular complexity index is 802. The molecule has 1 aliphatic heterocycles. The molecule has 8 heteroatoms. The van der Waals surface area contributed by atoms with Crippen molar-refractivity contribution in [1.29, 1.82) is 0 Å². The summed E-state index contributed by atoms with van der Waals surface area (Å²) in [6.07, 6.45) is 0.853. The molecule has 5 nitrogen and oxygen atoms in total. The first-order valence-corrected chi connectivity index (χ1v) is 7.77. The van der Waals surface area contributed by atoms with Crippen molar-refractivity contribution in [2.75, 3.05) is 19.6 Å². The highest BCUT2D eigenvalue weighted by Crippen LogP contribution is 2.30. The van der Waals surface area contributed by atoms with Gasteiger partial charge in [-0.1, -0.05) is 6.92 Å². The summed E-state index contributed by atoms with van der Waals surface area (Å²) in [5.74, 6) is -0.677. The monoisotopic (exact) mass is 388 g/mol. The number of hydrogen-bond donors (Lipinski definition) is 1. The zero-order valence-electron chi connectivity index (χ0n) is 14.5. The number of halogens is 3. The minimum Gasteiger partial charge on any atom is -0.338 e. The molecule has 2 N–H and O–H groups in total. The quantitative estimate of drug-likeness (QED) is 0.857. The molecule has 2 aromatic rings. The number of carbonyl (C=O) groups excluding carboxylic acids is 1. The second-order valence-electron chi connectivity index (χ2n) is 6.71. The van der Waals surface area contributed by atoms with Crippen molar-refractivity contribution >= 4 is 41.8 Å². The topological polar surface area (TPSA) is 72.1 Å². The van der Waals surface area contributed by atoms with Gasteiger partial charge in [-0.2, -0.15) is 0 Å². The Labute approximate surface area is 159 Å². The van der Waals surface area contributed by atoms with Crippen LogP contribution in [-0.4, -0.2) is 40.4 Å². The van der Waals surface area contributed by atoms with Crippen LogP contribution in [0.25, 0.3) is 11.0 Å². The van der Waals surface area contributed by atoms with Gasteiger partial charge in [-0.25, -0.2) is 14.4 Å². The standard InChI is InChI=1S/C17H21FN4O.2ClH/c1-10-11(2)21-15-13(6-12(18)7-14(15)20-10)16(23)22-5-4-17(3,8-19)9-22;;/h6-7H,4-5,8-9,19H2,1-3H3;2*1H. The summed E-state index contributed by atoms with van der Waals surface area (Å²) in [5.41, 5.74) is 8.35. The van der Waals surface area contributed by atoms with E-state index in [0.29, 0.717) is 30.7 Å². The highest BCUT2D eigenvalue weighted by atomic mass is 35.5. The Hall–Kier alpha value is -1.50. The predicted octanol–water partition coefficient (Wildman–Crippen LogP) is 3.04. The van der Waals surface area contributed by atoms with Crippen molar-refractivity contribution in [3.05, 3.63) is 34.9 Å². The van der Waals surface area contributed by atoms with E-state index in [4.69, 9.17) is 5.73 Å². The smallest absolute Gasteiger partial charge is 0.256 e. The molecule has 25 heavy (non-hydrogen) atoms. The molecule has 1 aliphatic rings. The van der Waals surface area contributed by atoms with E-state index in [9.17, 15) is 9.18 Å². The number of hydrogen-bond acceptors (Lipinski definition) is 4. The van der Waals surface area contributed by atoms with E-state index in [0.717, 1.165) is 17.8 Å². The fourth-order valence-corrected chi connectivity index (χ4v) is 2.99. The van der Waals surface area contributed by atoms with E-state index in [-0.39, 0.29) is 41.7 Å². The zero-order valence-corrected chi connectivity index (χ0v) is 16.1. The maximum absolute atomic E-state index is 13.9. The molecule has 1 atom stereocenters. The number of carbonyl (C=O) groups is 1. The highest BCUT2D eigenvalue weighted by molar-refractivity contribution is 6.04. The lowest BCUT2D eigenvalue weighted by atomic mass is 9.90. The number of nitrogens with zero attached hydrogens (tertiary/aromatic N) is 3. The summed E-state index contributed by atoms with van der Waals surface area (Å²) in [4.78, 5) is 23.4. The first-order valence-electron chi connectivity index (χ1n) is 7.77. The fraction of sp³-hybridized carbons (Fsp3) is 0.471. The summed E-state index contributed by atoms with van der Waals surface area (Å²) in [7, 11) is 0. The van der Waals surface area contributed by atoms with Crippen molar-refractivity contribution in [3.63, 3.8) is 0 Å². The van der Waals surface area contributed by atoms with Crippen LogP contribution in [0.15, 0.2) is 12.1 Å². The molecule has 0 aliphatic carbocycles. The van der Waals surface area contributed by atoms with Crippen molar-refractivity contribution in [2.24, 2.45) is 11.1 Å². The molecule has 0 bridgehead atoms. The van der Waals surface area contributed by atoms with Gasteiger partial charge >= 0.3 is 0 Å². The zero-order chi connectivity index (χ0) is 16.8. The number of benzene rings is 1. The third kappa shape index (κ3) is 4.02. The SMILES string of the molecule is Cc1nc2cc(F)cc(C(=O)N3CCC(C)(CN)C3)c2nc1C.Cl.Cl. The van der Waals surface area contributed by atoms with Gasteiger partial charge in [0.2, 0.25) is 0 Å². The number of aromatic nitrogens is 2. The molecular formula is C17H23Cl2FN4O. The van der Waals surface area contributed by atoms with Crippen molar-refractivity contribution in [2.45, 2.75) is 27.2 Å². The number of rotatable bonds is 2. The maximum Gasteiger partial charge on any atom is 0.256 e. The van der Waals surface area contributed by atoms with Gasteiger partial charge in [-0.3, -0.25) is 4.79 Å². The Morgan fingerprint density at radius 1 is 1.28 bits per heavy atom. The van der Waals surface area contributed by atoms with Gasteiger partial charge in [0.15, 0.2) is 0 Å². The average molecular weight is 389 g/mol. The van der Waals surface area contributed by atoms with Gasteiger partial charge in [0.1, 0.15) is 11.3 Å². The minimum atomic E-state index is -0.473. The Balaban J connectivity index is 0.00000156. The number of amides is 1. The lowest BCUT2D eigenvalue weighted by Gasteiger charge is -2.23. The third-order valence-electron chi connectivity index (χ3n) is 4.71. The van der Waals surface area contributed by atoms with Crippen LogP contribution in [0.1, 0.15) is 35.1 Å². The molecule has 0 spiro atoms. The molecular weight excluding hydrogens is 366 g/mol. The molecule has 1 fully saturated rings. The molecule has 1 amide bonds. The van der Waals surface area contributed by atoms with Gasteiger partial charge < -0.3 is 10.6 Å². The van der Waals surface area contributed by atoms with Gasteiger partial charge in [0.25, 0.3) is 5.91 Å². The summed E-state index contributed by atoms with van der Waals surface area (Å²) in [6.45, 7) is 7.46. The number of aryl methyl sites for hydroxylation is 2. The molecule has 2 heterocycles. The summed E-state index contributed by atoms with van der Waals surface area (Å²) >= 11 is 0. The normalized spacial score (nSPS) is 19.5.